The first-order chi connectivity index (χ1) is 9.45. The van der Waals surface area contributed by atoms with E-state index < -0.39 is 0 Å². The van der Waals surface area contributed by atoms with Crippen molar-refractivity contribution in [1.82, 2.24) is 10.3 Å². The summed E-state index contributed by atoms with van der Waals surface area (Å²) in [6.07, 6.45) is 0. The summed E-state index contributed by atoms with van der Waals surface area (Å²) < 4.78 is 0. The number of thiazole rings is 1. The standard InChI is InChI=1S/C16H23N3S/c1-11(2)17-9-14-10-20-16(18-14)19(5)15-7-12(3)6-13(4)8-15/h6-8,10-11,17H,9H2,1-5H3. The lowest BCUT2D eigenvalue weighted by Gasteiger charge is -2.17. The van der Waals surface area contributed by atoms with Crippen LogP contribution in [0.4, 0.5) is 10.8 Å². The summed E-state index contributed by atoms with van der Waals surface area (Å²) in [6, 6.07) is 7.07. The Morgan fingerprint density at radius 2 is 1.85 bits per heavy atom. The van der Waals surface area contributed by atoms with Gasteiger partial charge in [0.25, 0.3) is 0 Å². The highest BCUT2D eigenvalue weighted by Gasteiger charge is 2.10. The zero-order chi connectivity index (χ0) is 14.7. The molecule has 1 aromatic heterocycles. The summed E-state index contributed by atoms with van der Waals surface area (Å²) in [4.78, 5) is 6.86. The minimum atomic E-state index is 0.484. The van der Waals surface area contributed by atoms with Crippen LogP contribution in [0.3, 0.4) is 0 Å². The number of hydrogen-bond acceptors (Lipinski definition) is 4. The summed E-state index contributed by atoms with van der Waals surface area (Å²) in [5.41, 5.74) is 4.87. The molecule has 0 fully saturated rings. The van der Waals surface area contributed by atoms with Gasteiger partial charge in [-0.3, -0.25) is 0 Å². The predicted molar refractivity (Wildman–Crippen MR) is 88.1 cm³/mol. The highest BCUT2D eigenvalue weighted by molar-refractivity contribution is 7.13. The first-order valence-corrected chi connectivity index (χ1v) is 7.83. The summed E-state index contributed by atoms with van der Waals surface area (Å²) in [5, 5.41) is 6.56. The maximum atomic E-state index is 4.70. The highest BCUT2D eigenvalue weighted by Crippen LogP contribution is 2.28. The molecule has 2 rings (SSSR count). The zero-order valence-electron chi connectivity index (χ0n) is 12.9. The van der Waals surface area contributed by atoms with Gasteiger partial charge in [0.15, 0.2) is 5.13 Å². The minimum absolute atomic E-state index is 0.484. The van der Waals surface area contributed by atoms with Gasteiger partial charge in [0.2, 0.25) is 0 Å². The van der Waals surface area contributed by atoms with Crippen LogP contribution in [-0.4, -0.2) is 18.1 Å². The summed E-state index contributed by atoms with van der Waals surface area (Å²) in [5.74, 6) is 0. The van der Waals surface area contributed by atoms with Crippen molar-refractivity contribution in [3.05, 3.63) is 40.4 Å². The Labute approximate surface area is 125 Å². The molecular formula is C16H23N3S. The molecule has 108 valence electrons. The van der Waals surface area contributed by atoms with Crippen LogP contribution in [0.15, 0.2) is 23.6 Å². The average Bonchev–Trinajstić information content (AvgIpc) is 2.83. The summed E-state index contributed by atoms with van der Waals surface area (Å²) in [6.45, 7) is 9.38. The Morgan fingerprint density at radius 1 is 1.20 bits per heavy atom. The van der Waals surface area contributed by atoms with Crippen LogP contribution in [0, 0.1) is 13.8 Å². The molecule has 0 bridgehead atoms. The van der Waals surface area contributed by atoms with E-state index in [-0.39, 0.29) is 0 Å². The van der Waals surface area contributed by atoms with Crippen molar-refractivity contribution in [1.29, 1.82) is 0 Å². The fourth-order valence-electron chi connectivity index (χ4n) is 2.09. The molecule has 2 aromatic rings. The number of nitrogens with one attached hydrogen (secondary N) is 1. The lowest BCUT2D eigenvalue weighted by atomic mass is 10.1. The highest BCUT2D eigenvalue weighted by atomic mass is 32.1. The third-order valence-electron chi connectivity index (χ3n) is 3.11. The van der Waals surface area contributed by atoms with E-state index >= 15 is 0 Å². The number of benzene rings is 1. The van der Waals surface area contributed by atoms with Crippen LogP contribution in [0.1, 0.15) is 30.7 Å². The van der Waals surface area contributed by atoms with Crippen LogP contribution in [0.5, 0.6) is 0 Å². The van der Waals surface area contributed by atoms with Crippen molar-refractivity contribution >= 4 is 22.2 Å². The van der Waals surface area contributed by atoms with E-state index in [1.807, 2.05) is 0 Å². The Morgan fingerprint density at radius 3 is 2.45 bits per heavy atom. The van der Waals surface area contributed by atoms with Gasteiger partial charge in [-0.25, -0.2) is 4.98 Å². The number of hydrogen-bond donors (Lipinski definition) is 1. The zero-order valence-corrected chi connectivity index (χ0v) is 13.7. The van der Waals surface area contributed by atoms with E-state index in [1.165, 1.54) is 16.8 Å². The normalized spacial score (nSPS) is 11.1. The number of rotatable bonds is 5. The van der Waals surface area contributed by atoms with Crippen molar-refractivity contribution in [3.8, 4) is 0 Å². The van der Waals surface area contributed by atoms with Crippen LogP contribution in [0.2, 0.25) is 0 Å². The first kappa shape index (κ1) is 15.0. The molecule has 0 saturated carbocycles. The molecule has 0 radical (unpaired) electrons. The molecule has 20 heavy (non-hydrogen) atoms. The lowest BCUT2D eigenvalue weighted by molar-refractivity contribution is 0.583. The van der Waals surface area contributed by atoms with Crippen LogP contribution < -0.4 is 10.2 Å². The third kappa shape index (κ3) is 3.81. The van der Waals surface area contributed by atoms with Crippen molar-refractivity contribution in [2.75, 3.05) is 11.9 Å². The van der Waals surface area contributed by atoms with Gasteiger partial charge in [-0.2, -0.15) is 0 Å². The molecule has 0 aliphatic rings. The Balaban J connectivity index is 2.14. The van der Waals surface area contributed by atoms with E-state index in [4.69, 9.17) is 4.98 Å². The van der Waals surface area contributed by atoms with Gasteiger partial charge >= 0.3 is 0 Å². The third-order valence-corrected chi connectivity index (χ3v) is 4.08. The fourth-order valence-corrected chi connectivity index (χ4v) is 2.91. The van der Waals surface area contributed by atoms with Gasteiger partial charge in [0.1, 0.15) is 0 Å². The van der Waals surface area contributed by atoms with Crippen molar-refractivity contribution in [2.45, 2.75) is 40.3 Å². The van der Waals surface area contributed by atoms with E-state index in [0.717, 1.165) is 17.4 Å². The fraction of sp³-hybridized carbons (Fsp3) is 0.438. The molecule has 0 unspecified atom stereocenters. The predicted octanol–water partition coefficient (Wildman–Crippen LogP) is 4.03. The van der Waals surface area contributed by atoms with Crippen molar-refractivity contribution in [2.24, 2.45) is 0 Å². The average molecular weight is 289 g/mol. The molecule has 1 N–H and O–H groups in total. The minimum Gasteiger partial charge on any atom is -0.321 e. The molecule has 0 aliphatic carbocycles. The summed E-state index contributed by atoms with van der Waals surface area (Å²) in [7, 11) is 2.08. The number of nitrogens with zero attached hydrogens (tertiary/aromatic N) is 2. The molecule has 0 amide bonds. The quantitative estimate of drug-likeness (QED) is 0.901. The monoisotopic (exact) mass is 289 g/mol. The molecule has 1 heterocycles. The first-order valence-electron chi connectivity index (χ1n) is 6.95. The molecular weight excluding hydrogens is 266 g/mol. The lowest BCUT2D eigenvalue weighted by Crippen LogP contribution is -2.22. The van der Waals surface area contributed by atoms with Crippen LogP contribution >= 0.6 is 11.3 Å². The van der Waals surface area contributed by atoms with E-state index in [1.54, 1.807) is 11.3 Å². The van der Waals surface area contributed by atoms with Gasteiger partial charge in [-0.1, -0.05) is 19.9 Å². The van der Waals surface area contributed by atoms with Gasteiger partial charge < -0.3 is 10.2 Å². The number of anilines is 2. The molecule has 0 aliphatic heterocycles. The van der Waals surface area contributed by atoms with Crippen LogP contribution in [-0.2, 0) is 6.54 Å². The molecule has 0 atom stereocenters. The molecule has 3 nitrogen and oxygen atoms in total. The second-order valence-electron chi connectivity index (χ2n) is 5.56. The molecule has 1 aromatic carbocycles. The van der Waals surface area contributed by atoms with E-state index in [0.29, 0.717) is 6.04 Å². The van der Waals surface area contributed by atoms with Gasteiger partial charge in [-0.05, 0) is 37.1 Å². The van der Waals surface area contributed by atoms with E-state index in [2.05, 4.69) is 68.5 Å². The van der Waals surface area contributed by atoms with Gasteiger partial charge in [0, 0.05) is 30.7 Å². The molecule has 0 spiro atoms. The van der Waals surface area contributed by atoms with E-state index in [9.17, 15) is 0 Å². The number of aryl methyl sites for hydroxylation is 2. The van der Waals surface area contributed by atoms with Crippen LogP contribution in [0.25, 0.3) is 0 Å². The Bertz CT molecular complexity index is 555. The largest absolute Gasteiger partial charge is 0.321 e. The maximum Gasteiger partial charge on any atom is 0.189 e. The molecule has 0 saturated heterocycles. The summed E-state index contributed by atoms with van der Waals surface area (Å²) >= 11 is 1.69. The van der Waals surface area contributed by atoms with Gasteiger partial charge in [0.05, 0.1) is 5.69 Å². The van der Waals surface area contributed by atoms with Crippen molar-refractivity contribution in [3.63, 3.8) is 0 Å². The Hall–Kier alpha value is -1.39. The maximum absolute atomic E-state index is 4.70. The van der Waals surface area contributed by atoms with Gasteiger partial charge in [-0.15, -0.1) is 11.3 Å². The topological polar surface area (TPSA) is 28.2 Å². The second-order valence-corrected chi connectivity index (χ2v) is 6.40. The SMILES string of the molecule is Cc1cc(C)cc(N(C)c2nc(CNC(C)C)cs2)c1. The second kappa shape index (κ2) is 6.37. The molecule has 4 heteroatoms. The van der Waals surface area contributed by atoms with Crippen molar-refractivity contribution < 1.29 is 0 Å². The smallest absolute Gasteiger partial charge is 0.189 e. The number of aromatic nitrogens is 1. The Kier molecular flexibility index (Phi) is 4.78.